The molecular formula is C13H23NO2. The summed E-state index contributed by atoms with van der Waals surface area (Å²) in [6.07, 6.45) is 5.85. The Bertz CT molecular complexity index is 276. The van der Waals surface area contributed by atoms with Crippen molar-refractivity contribution in [2.45, 2.75) is 40.5 Å². The molecule has 0 aromatic carbocycles. The molecule has 0 spiro atoms. The van der Waals surface area contributed by atoms with E-state index < -0.39 is 5.97 Å². The average Bonchev–Trinajstić information content (AvgIpc) is 2.27. The maximum absolute atomic E-state index is 11.0. The van der Waals surface area contributed by atoms with Gasteiger partial charge in [-0.1, -0.05) is 26.0 Å². The van der Waals surface area contributed by atoms with Crippen molar-refractivity contribution < 1.29 is 9.90 Å². The first-order valence-corrected chi connectivity index (χ1v) is 5.87. The topological polar surface area (TPSA) is 49.3 Å². The summed E-state index contributed by atoms with van der Waals surface area (Å²) in [5.41, 5.74) is 1.30. The van der Waals surface area contributed by atoms with Crippen molar-refractivity contribution in [1.82, 2.24) is 5.32 Å². The Morgan fingerprint density at radius 2 is 1.94 bits per heavy atom. The first-order chi connectivity index (χ1) is 7.58. The van der Waals surface area contributed by atoms with Gasteiger partial charge in [0.2, 0.25) is 0 Å². The molecule has 0 heterocycles. The van der Waals surface area contributed by atoms with Crippen LogP contribution in [0.25, 0.3) is 0 Å². The molecule has 0 rings (SSSR count). The number of carboxylic acid groups (broad SMARTS) is 1. The summed E-state index contributed by atoms with van der Waals surface area (Å²) < 4.78 is 0. The second-order valence-electron chi connectivity index (χ2n) is 3.81. The van der Waals surface area contributed by atoms with E-state index in [1.807, 2.05) is 19.1 Å². The molecule has 0 saturated carbocycles. The highest BCUT2D eigenvalue weighted by Gasteiger charge is 2.16. The van der Waals surface area contributed by atoms with Gasteiger partial charge >= 0.3 is 5.97 Å². The summed E-state index contributed by atoms with van der Waals surface area (Å²) in [6, 6.07) is 0. The Hall–Kier alpha value is -1.25. The monoisotopic (exact) mass is 225 g/mol. The summed E-state index contributed by atoms with van der Waals surface area (Å²) >= 11 is 0. The smallest absolute Gasteiger partial charge is 0.333 e. The molecule has 16 heavy (non-hydrogen) atoms. The number of nitrogens with one attached hydrogen (secondary N) is 1. The van der Waals surface area contributed by atoms with Gasteiger partial charge in [-0.25, -0.2) is 4.79 Å². The predicted octanol–water partition coefficient (Wildman–Crippen LogP) is 2.95. The van der Waals surface area contributed by atoms with E-state index in [1.165, 1.54) is 0 Å². The van der Waals surface area contributed by atoms with Crippen LogP contribution in [0, 0.1) is 5.92 Å². The van der Waals surface area contributed by atoms with Gasteiger partial charge in [-0.05, 0) is 32.6 Å². The second-order valence-corrected chi connectivity index (χ2v) is 3.81. The summed E-state index contributed by atoms with van der Waals surface area (Å²) in [5, 5.41) is 12.2. The Labute approximate surface area is 98.2 Å². The van der Waals surface area contributed by atoms with Crippen LogP contribution in [0.1, 0.15) is 40.5 Å². The molecule has 3 heteroatoms. The van der Waals surface area contributed by atoms with Gasteiger partial charge in [0.25, 0.3) is 0 Å². The van der Waals surface area contributed by atoms with Gasteiger partial charge in [0.05, 0.1) is 5.57 Å². The van der Waals surface area contributed by atoms with E-state index in [0.717, 1.165) is 18.5 Å². The van der Waals surface area contributed by atoms with Gasteiger partial charge in [-0.15, -0.1) is 0 Å². The highest BCUT2D eigenvalue weighted by atomic mass is 16.4. The minimum Gasteiger partial charge on any atom is -0.478 e. The average molecular weight is 225 g/mol. The molecule has 0 aliphatic rings. The number of hydrogen-bond acceptors (Lipinski definition) is 2. The van der Waals surface area contributed by atoms with Gasteiger partial charge in [0.1, 0.15) is 0 Å². The van der Waals surface area contributed by atoms with Crippen molar-refractivity contribution in [3.05, 3.63) is 23.4 Å². The normalized spacial score (nSPS) is 13.1. The zero-order valence-electron chi connectivity index (χ0n) is 10.7. The third-order valence-electron chi connectivity index (χ3n) is 2.76. The van der Waals surface area contributed by atoms with E-state index in [0.29, 0.717) is 18.0 Å². The molecule has 0 aromatic rings. The lowest BCUT2D eigenvalue weighted by Gasteiger charge is -2.20. The molecule has 2 N–H and O–H groups in total. The summed E-state index contributed by atoms with van der Waals surface area (Å²) in [6.45, 7) is 8.47. The Morgan fingerprint density at radius 1 is 1.38 bits per heavy atom. The molecule has 0 aliphatic carbocycles. The van der Waals surface area contributed by atoms with Gasteiger partial charge in [0.15, 0.2) is 0 Å². The van der Waals surface area contributed by atoms with E-state index >= 15 is 0 Å². The Morgan fingerprint density at radius 3 is 2.31 bits per heavy atom. The molecule has 0 fully saturated rings. The minimum absolute atomic E-state index is 0.307. The second kappa shape index (κ2) is 7.97. The van der Waals surface area contributed by atoms with Crippen molar-refractivity contribution in [2.75, 3.05) is 6.54 Å². The van der Waals surface area contributed by atoms with Crippen molar-refractivity contribution in [1.29, 1.82) is 0 Å². The lowest BCUT2D eigenvalue weighted by Crippen LogP contribution is -2.23. The van der Waals surface area contributed by atoms with Crippen LogP contribution in [0.4, 0.5) is 0 Å². The van der Waals surface area contributed by atoms with Crippen LogP contribution in [-0.2, 0) is 4.79 Å². The largest absolute Gasteiger partial charge is 0.478 e. The molecule has 0 aromatic heterocycles. The maximum atomic E-state index is 11.0. The third kappa shape index (κ3) is 4.51. The van der Waals surface area contributed by atoms with Crippen LogP contribution in [0.5, 0.6) is 0 Å². The lowest BCUT2D eigenvalue weighted by molar-refractivity contribution is -0.132. The molecule has 0 aliphatic heterocycles. The number of allylic oxidation sites excluding steroid dienone is 2. The van der Waals surface area contributed by atoms with E-state index in [9.17, 15) is 4.79 Å². The Kier molecular flexibility index (Phi) is 7.34. The van der Waals surface area contributed by atoms with Crippen molar-refractivity contribution >= 4 is 5.97 Å². The maximum Gasteiger partial charge on any atom is 0.333 e. The lowest BCUT2D eigenvalue weighted by atomic mass is 9.95. The molecule has 0 amide bonds. The highest BCUT2D eigenvalue weighted by Crippen LogP contribution is 2.20. The SMILES string of the molecule is CC=CCNC(=C(C)C(=O)O)C(CC)CC. The molecule has 0 atom stereocenters. The van der Waals surface area contributed by atoms with Gasteiger partial charge in [-0.3, -0.25) is 0 Å². The summed E-state index contributed by atoms with van der Waals surface area (Å²) in [4.78, 5) is 11.0. The molecule has 3 nitrogen and oxygen atoms in total. The quantitative estimate of drug-likeness (QED) is 0.517. The standard InChI is InChI=1S/C13H23NO2/c1-5-8-9-14-12(10(4)13(15)16)11(6-2)7-3/h5,8,11,14H,6-7,9H2,1-4H3,(H,15,16). The van der Waals surface area contributed by atoms with E-state index in [2.05, 4.69) is 19.2 Å². The number of hydrogen-bond donors (Lipinski definition) is 2. The summed E-state index contributed by atoms with van der Waals surface area (Å²) in [5.74, 6) is -0.531. The van der Waals surface area contributed by atoms with Crippen LogP contribution >= 0.6 is 0 Å². The number of aliphatic carboxylic acids is 1. The zero-order chi connectivity index (χ0) is 12.6. The van der Waals surface area contributed by atoms with E-state index in [4.69, 9.17) is 5.11 Å². The van der Waals surface area contributed by atoms with Crippen LogP contribution < -0.4 is 5.32 Å². The number of carboxylic acids is 1. The third-order valence-corrected chi connectivity index (χ3v) is 2.76. The molecule has 0 saturated heterocycles. The molecule has 0 bridgehead atoms. The van der Waals surface area contributed by atoms with Crippen LogP contribution in [0.15, 0.2) is 23.4 Å². The van der Waals surface area contributed by atoms with Crippen LogP contribution in [0.2, 0.25) is 0 Å². The van der Waals surface area contributed by atoms with Gasteiger partial charge in [0, 0.05) is 12.2 Å². The molecule has 0 radical (unpaired) electrons. The molecule has 0 unspecified atom stereocenters. The van der Waals surface area contributed by atoms with Crippen LogP contribution in [-0.4, -0.2) is 17.6 Å². The fraction of sp³-hybridized carbons (Fsp3) is 0.615. The summed E-state index contributed by atoms with van der Waals surface area (Å²) in [7, 11) is 0. The minimum atomic E-state index is -0.838. The van der Waals surface area contributed by atoms with Crippen molar-refractivity contribution in [3.63, 3.8) is 0 Å². The highest BCUT2D eigenvalue weighted by molar-refractivity contribution is 5.86. The van der Waals surface area contributed by atoms with Crippen molar-refractivity contribution in [2.24, 2.45) is 5.92 Å². The first-order valence-electron chi connectivity index (χ1n) is 5.87. The van der Waals surface area contributed by atoms with E-state index in [-0.39, 0.29) is 0 Å². The number of rotatable bonds is 7. The fourth-order valence-electron chi connectivity index (χ4n) is 1.68. The Balaban J connectivity index is 4.88. The molecule has 92 valence electrons. The first kappa shape index (κ1) is 14.8. The molecular weight excluding hydrogens is 202 g/mol. The fourth-order valence-corrected chi connectivity index (χ4v) is 1.68. The zero-order valence-corrected chi connectivity index (χ0v) is 10.7. The van der Waals surface area contributed by atoms with Gasteiger partial charge in [-0.2, -0.15) is 0 Å². The van der Waals surface area contributed by atoms with Crippen LogP contribution in [0.3, 0.4) is 0 Å². The predicted molar refractivity (Wildman–Crippen MR) is 67.2 cm³/mol. The number of carbonyl (C=O) groups is 1. The van der Waals surface area contributed by atoms with E-state index in [1.54, 1.807) is 6.92 Å². The van der Waals surface area contributed by atoms with Gasteiger partial charge < -0.3 is 10.4 Å². The van der Waals surface area contributed by atoms with Crippen molar-refractivity contribution in [3.8, 4) is 0 Å².